The van der Waals surface area contributed by atoms with Crippen LogP contribution in [0.1, 0.15) is 24.2 Å². The maximum absolute atomic E-state index is 12.1. The smallest absolute Gasteiger partial charge is 0.257 e. The standard InChI is InChI=1S/C15H19N3O3/c1-15(2,9-16)14(20)17-10-6-7-12(21-5)11(8-10)13(19)18(3)4/h6-8H,1-5H3,(H,17,20). The van der Waals surface area contributed by atoms with Crippen molar-refractivity contribution in [1.82, 2.24) is 4.90 Å². The third kappa shape index (κ3) is 3.72. The molecule has 1 aromatic rings. The first-order valence-electron chi connectivity index (χ1n) is 6.35. The van der Waals surface area contributed by atoms with Gasteiger partial charge in [-0.1, -0.05) is 0 Å². The van der Waals surface area contributed by atoms with E-state index in [9.17, 15) is 9.59 Å². The van der Waals surface area contributed by atoms with E-state index in [1.165, 1.54) is 31.9 Å². The third-order valence-electron chi connectivity index (χ3n) is 2.94. The number of hydrogen-bond acceptors (Lipinski definition) is 4. The van der Waals surface area contributed by atoms with Crippen LogP contribution in [-0.2, 0) is 4.79 Å². The summed E-state index contributed by atoms with van der Waals surface area (Å²) < 4.78 is 5.15. The summed E-state index contributed by atoms with van der Waals surface area (Å²) >= 11 is 0. The highest BCUT2D eigenvalue weighted by atomic mass is 16.5. The Morgan fingerprint density at radius 3 is 2.43 bits per heavy atom. The van der Waals surface area contributed by atoms with E-state index >= 15 is 0 Å². The van der Waals surface area contributed by atoms with Gasteiger partial charge in [-0.15, -0.1) is 0 Å². The molecule has 6 heteroatoms. The number of carbonyl (C=O) groups is 2. The molecule has 1 aromatic carbocycles. The molecule has 21 heavy (non-hydrogen) atoms. The molecule has 2 amide bonds. The van der Waals surface area contributed by atoms with Crippen molar-refractivity contribution in [3.63, 3.8) is 0 Å². The lowest BCUT2D eigenvalue weighted by Crippen LogP contribution is -2.29. The number of rotatable bonds is 4. The van der Waals surface area contributed by atoms with Crippen LogP contribution < -0.4 is 10.1 Å². The van der Waals surface area contributed by atoms with Gasteiger partial charge in [-0.3, -0.25) is 9.59 Å². The molecule has 0 aromatic heterocycles. The lowest BCUT2D eigenvalue weighted by Gasteiger charge is -2.17. The fraction of sp³-hybridized carbons (Fsp3) is 0.400. The number of carbonyl (C=O) groups excluding carboxylic acids is 2. The van der Waals surface area contributed by atoms with Gasteiger partial charge in [-0.25, -0.2) is 0 Å². The number of nitrogens with zero attached hydrogens (tertiary/aromatic N) is 2. The average Bonchev–Trinajstić information content (AvgIpc) is 2.46. The first kappa shape index (κ1) is 16.5. The van der Waals surface area contributed by atoms with Gasteiger partial charge in [0.2, 0.25) is 5.91 Å². The Balaban J connectivity index is 3.13. The van der Waals surface area contributed by atoms with Gasteiger partial charge < -0.3 is 15.0 Å². The van der Waals surface area contributed by atoms with Crippen LogP contribution in [0.2, 0.25) is 0 Å². The number of hydrogen-bond donors (Lipinski definition) is 1. The van der Waals surface area contributed by atoms with Crippen LogP contribution in [0.4, 0.5) is 5.69 Å². The first-order valence-corrected chi connectivity index (χ1v) is 6.35. The summed E-state index contributed by atoms with van der Waals surface area (Å²) in [6.45, 7) is 3.05. The summed E-state index contributed by atoms with van der Waals surface area (Å²) in [5.41, 5.74) is -0.365. The van der Waals surface area contributed by atoms with Crippen LogP contribution in [0.15, 0.2) is 18.2 Å². The molecule has 0 spiro atoms. The van der Waals surface area contributed by atoms with Crippen LogP contribution in [0.3, 0.4) is 0 Å². The van der Waals surface area contributed by atoms with Gasteiger partial charge in [-0.2, -0.15) is 5.26 Å². The summed E-state index contributed by atoms with van der Waals surface area (Å²) in [6, 6.07) is 6.69. The lowest BCUT2D eigenvalue weighted by atomic mass is 9.94. The number of methoxy groups -OCH3 is 1. The van der Waals surface area contributed by atoms with Gasteiger partial charge in [0.25, 0.3) is 5.91 Å². The number of amides is 2. The number of benzene rings is 1. The number of ether oxygens (including phenoxy) is 1. The van der Waals surface area contributed by atoms with Crippen molar-refractivity contribution in [3.8, 4) is 11.8 Å². The Morgan fingerprint density at radius 2 is 1.95 bits per heavy atom. The minimum Gasteiger partial charge on any atom is -0.496 e. The van der Waals surface area contributed by atoms with Crippen LogP contribution in [0.5, 0.6) is 5.75 Å². The Hall–Kier alpha value is -2.55. The zero-order valence-corrected chi connectivity index (χ0v) is 12.9. The van der Waals surface area contributed by atoms with Gasteiger partial charge in [0, 0.05) is 19.8 Å². The summed E-state index contributed by atoms with van der Waals surface area (Å²) in [5, 5.41) is 11.6. The van der Waals surface area contributed by atoms with Crippen molar-refractivity contribution in [2.24, 2.45) is 5.41 Å². The molecule has 1 rings (SSSR count). The molecule has 0 heterocycles. The second-order valence-electron chi connectivity index (χ2n) is 5.31. The molecule has 0 aliphatic carbocycles. The zero-order valence-electron chi connectivity index (χ0n) is 12.9. The second-order valence-corrected chi connectivity index (χ2v) is 5.31. The van der Waals surface area contributed by atoms with Crippen molar-refractivity contribution < 1.29 is 14.3 Å². The minimum absolute atomic E-state index is 0.234. The molecular weight excluding hydrogens is 270 g/mol. The largest absolute Gasteiger partial charge is 0.496 e. The highest BCUT2D eigenvalue weighted by Crippen LogP contribution is 2.25. The molecule has 0 bridgehead atoms. The maximum Gasteiger partial charge on any atom is 0.257 e. The van der Waals surface area contributed by atoms with E-state index in [1.807, 2.05) is 6.07 Å². The monoisotopic (exact) mass is 289 g/mol. The Morgan fingerprint density at radius 1 is 1.33 bits per heavy atom. The zero-order chi connectivity index (χ0) is 16.2. The first-order chi connectivity index (χ1) is 9.72. The fourth-order valence-electron chi connectivity index (χ4n) is 1.53. The third-order valence-corrected chi connectivity index (χ3v) is 2.94. The normalized spacial score (nSPS) is 10.5. The number of nitriles is 1. The van der Waals surface area contributed by atoms with Gasteiger partial charge >= 0.3 is 0 Å². The Labute approximate surface area is 124 Å². The molecule has 0 atom stereocenters. The van der Waals surface area contributed by atoms with Crippen LogP contribution in [-0.4, -0.2) is 37.9 Å². The molecule has 112 valence electrons. The van der Waals surface area contributed by atoms with E-state index < -0.39 is 11.3 Å². The Kier molecular flexibility index (Phi) is 4.93. The molecule has 0 fully saturated rings. The van der Waals surface area contributed by atoms with Crippen LogP contribution in [0.25, 0.3) is 0 Å². The average molecular weight is 289 g/mol. The van der Waals surface area contributed by atoms with Crippen molar-refractivity contribution in [2.75, 3.05) is 26.5 Å². The molecule has 0 radical (unpaired) electrons. The van der Waals surface area contributed by atoms with E-state index in [0.717, 1.165) is 0 Å². The van der Waals surface area contributed by atoms with Gasteiger partial charge in [0.05, 0.1) is 18.7 Å². The van der Waals surface area contributed by atoms with Gasteiger partial charge in [-0.05, 0) is 32.0 Å². The van der Waals surface area contributed by atoms with Gasteiger partial charge in [0.15, 0.2) is 0 Å². The van der Waals surface area contributed by atoms with E-state index in [1.54, 1.807) is 26.2 Å². The molecule has 0 aliphatic heterocycles. The number of anilines is 1. The molecule has 0 aliphatic rings. The van der Waals surface area contributed by atoms with Crippen molar-refractivity contribution in [1.29, 1.82) is 5.26 Å². The molecule has 0 saturated carbocycles. The fourth-order valence-corrected chi connectivity index (χ4v) is 1.53. The summed E-state index contributed by atoms with van der Waals surface area (Å²) in [6.07, 6.45) is 0. The number of nitrogens with one attached hydrogen (secondary N) is 1. The molecule has 0 saturated heterocycles. The summed E-state index contributed by atoms with van der Waals surface area (Å²) in [5.74, 6) is -0.243. The van der Waals surface area contributed by atoms with E-state index in [-0.39, 0.29) is 5.91 Å². The Bertz CT molecular complexity index is 601. The predicted octanol–water partition coefficient (Wildman–Crippen LogP) is 1.89. The molecule has 1 N–H and O–H groups in total. The van der Waals surface area contributed by atoms with E-state index in [4.69, 9.17) is 10.00 Å². The van der Waals surface area contributed by atoms with Crippen LogP contribution >= 0.6 is 0 Å². The molecular formula is C15H19N3O3. The van der Waals surface area contributed by atoms with E-state index in [0.29, 0.717) is 17.0 Å². The summed E-state index contributed by atoms with van der Waals surface area (Å²) in [7, 11) is 4.73. The topological polar surface area (TPSA) is 82.4 Å². The quantitative estimate of drug-likeness (QED) is 0.917. The van der Waals surface area contributed by atoms with Crippen molar-refractivity contribution in [3.05, 3.63) is 23.8 Å². The SMILES string of the molecule is COc1ccc(NC(=O)C(C)(C)C#N)cc1C(=O)N(C)C. The van der Waals surface area contributed by atoms with Crippen molar-refractivity contribution in [2.45, 2.75) is 13.8 Å². The van der Waals surface area contributed by atoms with E-state index in [2.05, 4.69) is 5.32 Å². The maximum atomic E-state index is 12.1. The molecule has 6 nitrogen and oxygen atoms in total. The highest BCUT2D eigenvalue weighted by Gasteiger charge is 2.27. The van der Waals surface area contributed by atoms with Gasteiger partial charge in [0.1, 0.15) is 11.2 Å². The highest BCUT2D eigenvalue weighted by molar-refractivity contribution is 6.00. The second kappa shape index (κ2) is 6.27. The molecule has 0 unspecified atom stereocenters. The minimum atomic E-state index is -1.15. The van der Waals surface area contributed by atoms with Crippen LogP contribution in [0, 0.1) is 16.7 Å². The van der Waals surface area contributed by atoms with Crippen molar-refractivity contribution >= 4 is 17.5 Å². The lowest BCUT2D eigenvalue weighted by molar-refractivity contribution is -0.121. The predicted molar refractivity (Wildman–Crippen MR) is 79.0 cm³/mol. The summed E-state index contributed by atoms with van der Waals surface area (Å²) in [4.78, 5) is 25.5.